The van der Waals surface area contributed by atoms with Crippen molar-refractivity contribution >= 4 is 0 Å². The van der Waals surface area contributed by atoms with E-state index in [1.807, 2.05) is 6.07 Å². The Bertz CT molecular complexity index is 380. The maximum atomic E-state index is 5.77. The second kappa shape index (κ2) is 2.76. The van der Waals surface area contributed by atoms with E-state index in [1.165, 1.54) is 24.8 Å². The quantitative estimate of drug-likeness (QED) is 0.816. The van der Waals surface area contributed by atoms with Gasteiger partial charge in [0.15, 0.2) is 0 Å². The fourth-order valence-electron chi connectivity index (χ4n) is 3.47. The molecule has 0 aromatic heterocycles. The smallest absolute Gasteiger partial charge is 0.119 e. The molecular weight excluding hydrogens is 186 g/mol. The van der Waals surface area contributed by atoms with Crippen LogP contribution in [0.2, 0.25) is 0 Å². The summed E-state index contributed by atoms with van der Waals surface area (Å²) in [6.07, 6.45) is 3.84. The number of ether oxygens (including phenoxy) is 1. The summed E-state index contributed by atoms with van der Waals surface area (Å²) < 4.78 is 5.26. The third kappa shape index (κ3) is 1.08. The summed E-state index contributed by atoms with van der Waals surface area (Å²) in [5.41, 5.74) is 8.17. The molecule has 0 aliphatic heterocycles. The molecule has 1 aromatic carbocycles. The monoisotopic (exact) mass is 203 g/mol. The molecule has 3 saturated carbocycles. The lowest BCUT2D eigenvalue weighted by molar-refractivity contribution is -0.132. The third-order valence-electron chi connectivity index (χ3n) is 4.26. The van der Waals surface area contributed by atoms with E-state index in [2.05, 4.69) is 18.2 Å². The van der Waals surface area contributed by atoms with Gasteiger partial charge in [0.05, 0.1) is 7.11 Å². The van der Waals surface area contributed by atoms with E-state index in [9.17, 15) is 0 Å². The van der Waals surface area contributed by atoms with Gasteiger partial charge < -0.3 is 10.5 Å². The average Bonchev–Trinajstić information content (AvgIpc) is 2.15. The van der Waals surface area contributed by atoms with Gasteiger partial charge in [-0.3, -0.25) is 0 Å². The Labute approximate surface area is 90.4 Å². The van der Waals surface area contributed by atoms with Crippen molar-refractivity contribution in [1.29, 1.82) is 0 Å². The summed E-state index contributed by atoms with van der Waals surface area (Å²) in [6.45, 7) is 0.860. The molecule has 2 N–H and O–H groups in total. The van der Waals surface area contributed by atoms with Gasteiger partial charge in [-0.2, -0.15) is 0 Å². The second-order valence-corrected chi connectivity index (χ2v) is 5.25. The van der Waals surface area contributed by atoms with E-state index >= 15 is 0 Å². The van der Waals surface area contributed by atoms with Crippen LogP contribution in [0.3, 0.4) is 0 Å². The molecule has 3 aliphatic rings. The van der Waals surface area contributed by atoms with Gasteiger partial charge in [-0.05, 0) is 54.3 Å². The Morgan fingerprint density at radius 2 is 2.07 bits per heavy atom. The Balaban J connectivity index is 1.84. The van der Waals surface area contributed by atoms with Crippen molar-refractivity contribution in [2.75, 3.05) is 13.7 Å². The largest absolute Gasteiger partial charge is 0.497 e. The van der Waals surface area contributed by atoms with Crippen LogP contribution in [-0.4, -0.2) is 13.7 Å². The summed E-state index contributed by atoms with van der Waals surface area (Å²) in [6, 6.07) is 8.50. The summed E-state index contributed by atoms with van der Waals surface area (Å²) in [7, 11) is 1.72. The van der Waals surface area contributed by atoms with E-state index in [0.29, 0.717) is 10.8 Å². The molecule has 15 heavy (non-hydrogen) atoms. The van der Waals surface area contributed by atoms with Crippen LogP contribution >= 0.6 is 0 Å². The number of benzene rings is 1. The van der Waals surface area contributed by atoms with Crippen molar-refractivity contribution in [2.24, 2.45) is 11.1 Å². The highest BCUT2D eigenvalue weighted by atomic mass is 16.5. The van der Waals surface area contributed by atoms with Crippen molar-refractivity contribution < 1.29 is 4.74 Å². The fraction of sp³-hybridized carbons (Fsp3) is 0.538. The van der Waals surface area contributed by atoms with Crippen molar-refractivity contribution in [3.05, 3.63) is 29.8 Å². The van der Waals surface area contributed by atoms with E-state index in [1.54, 1.807) is 7.11 Å². The highest BCUT2D eigenvalue weighted by Crippen LogP contribution is 2.73. The molecule has 0 heterocycles. The molecule has 3 aliphatic carbocycles. The molecule has 0 radical (unpaired) electrons. The van der Waals surface area contributed by atoms with Crippen LogP contribution in [0, 0.1) is 5.41 Å². The molecule has 1 aromatic rings. The normalized spacial score (nSPS) is 36.7. The van der Waals surface area contributed by atoms with Crippen LogP contribution in [0.1, 0.15) is 24.8 Å². The summed E-state index contributed by atoms with van der Waals surface area (Å²) >= 11 is 0. The van der Waals surface area contributed by atoms with E-state index in [-0.39, 0.29) is 0 Å². The molecule has 0 unspecified atom stereocenters. The topological polar surface area (TPSA) is 35.2 Å². The van der Waals surface area contributed by atoms with E-state index in [0.717, 1.165) is 12.3 Å². The van der Waals surface area contributed by atoms with Crippen LogP contribution in [-0.2, 0) is 5.41 Å². The molecule has 0 amide bonds. The first kappa shape index (κ1) is 9.22. The first-order valence-corrected chi connectivity index (χ1v) is 5.57. The predicted molar refractivity (Wildman–Crippen MR) is 60.0 cm³/mol. The van der Waals surface area contributed by atoms with Crippen LogP contribution in [0.15, 0.2) is 24.3 Å². The molecular formula is C13H17NO. The Hall–Kier alpha value is -1.02. The standard InChI is InChI=1S/C13H17NO/c1-15-11-4-2-3-10(5-11)13-6-12(7-13,8-13)9-14/h2-5H,6-9,14H2,1H3. The van der Waals surface area contributed by atoms with Crippen LogP contribution in [0.25, 0.3) is 0 Å². The van der Waals surface area contributed by atoms with Gasteiger partial charge in [0.1, 0.15) is 5.75 Å². The van der Waals surface area contributed by atoms with Gasteiger partial charge in [0.2, 0.25) is 0 Å². The Morgan fingerprint density at radius 3 is 2.67 bits per heavy atom. The third-order valence-corrected chi connectivity index (χ3v) is 4.26. The predicted octanol–water partition coefficient (Wildman–Crippen LogP) is 2.08. The van der Waals surface area contributed by atoms with E-state index in [4.69, 9.17) is 10.5 Å². The lowest BCUT2D eigenvalue weighted by atomic mass is 9.33. The van der Waals surface area contributed by atoms with Gasteiger partial charge in [0, 0.05) is 0 Å². The molecule has 0 atom stereocenters. The molecule has 2 nitrogen and oxygen atoms in total. The molecule has 2 bridgehead atoms. The second-order valence-electron chi connectivity index (χ2n) is 5.25. The SMILES string of the molecule is COc1cccc(C23CC(CN)(C2)C3)c1. The molecule has 0 saturated heterocycles. The number of methoxy groups -OCH3 is 1. The van der Waals surface area contributed by atoms with Gasteiger partial charge in [0.25, 0.3) is 0 Å². The Morgan fingerprint density at radius 1 is 1.33 bits per heavy atom. The first-order chi connectivity index (χ1) is 7.22. The van der Waals surface area contributed by atoms with Crippen molar-refractivity contribution in [3.63, 3.8) is 0 Å². The number of rotatable bonds is 3. The van der Waals surface area contributed by atoms with Crippen molar-refractivity contribution in [1.82, 2.24) is 0 Å². The maximum Gasteiger partial charge on any atom is 0.119 e. The highest BCUT2D eigenvalue weighted by Gasteiger charge is 2.67. The summed E-state index contributed by atoms with van der Waals surface area (Å²) in [5, 5.41) is 0. The lowest BCUT2D eigenvalue weighted by Gasteiger charge is -2.71. The number of hydrogen-bond donors (Lipinski definition) is 1. The van der Waals surface area contributed by atoms with Crippen LogP contribution in [0.5, 0.6) is 5.75 Å². The molecule has 2 heteroatoms. The van der Waals surface area contributed by atoms with Crippen LogP contribution in [0.4, 0.5) is 0 Å². The number of nitrogens with two attached hydrogens (primary N) is 1. The van der Waals surface area contributed by atoms with Gasteiger partial charge in [-0.1, -0.05) is 12.1 Å². The zero-order chi connectivity index (χ0) is 10.5. The van der Waals surface area contributed by atoms with Crippen molar-refractivity contribution in [3.8, 4) is 5.75 Å². The molecule has 3 fully saturated rings. The zero-order valence-electron chi connectivity index (χ0n) is 9.12. The number of hydrogen-bond acceptors (Lipinski definition) is 2. The van der Waals surface area contributed by atoms with Gasteiger partial charge in [-0.25, -0.2) is 0 Å². The summed E-state index contributed by atoms with van der Waals surface area (Å²) in [5.74, 6) is 0.971. The minimum atomic E-state index is 0.452. The fourth-order valence-corrected chi connectivity index (χ4v) is 3.47. The Kier molecular flexibility index (Phi) is 1.70. The van der Waals surface area contributed by atoms with Gasteiger partial charge >= 0.3 is 0 Å². The van der Waals surface area contributed by atoms with Crippen molar-refractivity contribution in [2.45, 2.75) is 24.7 Å². The minimum absolute atomic E-state index is 0.452. The molecule has 0 spiro atoms. The van der Waals surface area contributed by atoms with Crippen LogP contribution < -0.4 is 10.5 Å². The minimum Gasteiger partial charge on any atom is -0.497 e. The highest BCUT2D eigenvalue weighted by molar-refractivity contribution is 5.42. The van der Waals surface area contributed by atoms with Gasteiger partial charge in [-0.15, -0.1) is 0 Å². The maximum absolute atomic E-state index is 5.77. The zero-order valence-corrected chi connectivity index (χ0v) is 9.12. The lowest BCUT2D eigenvalue weighted by Crippen LogP contribution is -2.67. The average molecular weight is 203 g/mol. The molecule has 80 valence electrons. The first-order valence-electron chi connectivity index (χ1n) is 5.57. The van der Waals surface area contributed by atoms with E-state index < -0.39 is 0 Å². The summed E-state index contributed by atoms with van der Waals surface area (Å²) in [4.78, 5) is 0. The molecule has 4 rings (SSSR count).